The molecule has 1 amide bonds. The Kier molecular flexibility index (Phi) is 5.08. The van der Waals surface area contributed by atoms with E-state index in [1.165, 1.54) is 7.11 Å². The fraction of sp³-hybridized carbons (Fsp3) is 0.444. The van der Waals surface area contributed by atoms with Crippen molar-refractivity contribution in [1.82, 2.24) is 4.90 Å². The van der Waals surface area contributed by atoms with Gasteiger partial charge < -0.3 is 9.47 Å². The van der Waals surface area contributed by atoms with E-state index in [0.717, 1.165) is 5.56 Å². The van der Waals surface area contributed by atoms with Crippen LogP contribution >= 0.6 is 0 Å². The second kappa shape index (κ2) is 6.86. The van der Waals surface area contributed by atoms with E-state index in [1.807, 2.05) is 45.1 Å². The Balaban J connectivity index is 2.02. The van der Waals surface area contributed by atoms with Gasteiger partial charge in [0.25, 0.3) is 0 Å². The number of benzene rings is 1. The first-order valence-corrected chi connectivity index (χ1v) is 7.63. The Morgan fingerprint density at radius 1 is 1.22 bits per heavy atom. The maximum atomic E-state index is 12.2. The van der Waals surface area contributed by atoms with Gasteiger partial charge in [0.1, 0.15) is 5.60 Å². The molecule has 0 radical (unpaired) electrons. The second-order valence-corrected chi connectivity index (χ2v) is 6.52. The smallest absolute Gasteiger partial charge is 0.411 e. The second-order valence-electron chi connectivity index (χ2n) is 6.52. The molecule has 0 saturated carbocycles. The maximum absolute atomic E-state index is 12.2. The normalized spacial score (nSPS) is 17.2. The zero-order valence-corrected chi connectivity index (χ0v) is 14.0. The summed E-state index contributed by atoms with van der Waals surface area (Å²) >= 11 is 0. The first-order chi connectivity index (χ1) is 10.8. The molecule has 2 rings (SSSR count). The third-order valence-electron chi connectivity index (χ3n) is 3.51. The first-order valence-electron chi connectivity index (χ1n) is 7.63. The van der Waals surface area contributed by atoms with Crippen LogP contribution in [0.2, 0.25) is 0 Å². The van der Waals surface area contributed by atoms with E-state index in [1.54, 1.807) is 17.0 Å². The zero-order valence-electron chi connectivity index (χ0n) is 14.0. The van der Waals surface area contributed by atoms with Crippen LogP contribution in [0.3, 0.4) is 0 Å². The van der Waals surface area contributed by atoms with E-state index >= 15 is 0 Å². The van der Waals surface area contributed by atoms with Crippen LogP contribution in [0.15, 0.2) is 36.4 Å². The highest BCUT2D eigenvalue weighted by Crippen LogP contribution is 2.19. The van der Waals surface area contributed by atoms with Crippen molar-refractivity contribution in [2.24, 2.45) is 0 Å². The molecule has 0 bridgehead atoms. The molecule has 5 nitrogen and oxygen atoms in total. The summed E-state index contributed by atoms with van der Waals surface area (Å²) in [7, 11) is 1.36. The molecular formula is C18H23NO4. The fourth-order valence-corrected chi connectivity index (χ4v) is 2.42. The number of hydrogen-bond acceptors (Lipinski definition) is 4. The van der Waals surface area contributed by atoms with Gasteiger partial charge in [0.15, 0.2) is 0 Å². The van der Waals surface area contributed by atoms with Crippen molar-refractivity contribution >= 4 is 12.1 Å². The average molecular weight is 317 g/mol. The number of nitrogens with zero attached hydrogens (tertiary/aromatic N) is 1. The lowest BCUT2D eigenvalue weighted by atomic mass is 10.0. The highest BCUT2D eigenvalue weighted by atomic mass is 16.6. The summed E-state index contributed by atoms with van der Waals surface area (Å²) in [6.45, 7) is 6.12. The standard InChI is InChI=1S/C18H23NO4/c1-18(2,3)23-17(21)19-11-5-6-15(19)12-13-7-9-14(10-8-13)16(20)22-4/h5-10,15H,11-12H2,1-4H3/t15-/m1/s1. The number of esters is 1. The highest BCUT2D eigenvalue weighted by molar-refractivity contribution is 5.89. The zero-order chi connectivity index (χ0) is 17.0. The van der Waals surface area contributed by atoms with E-state index in [2.05, 4.69) is 4.74 Å². The van der Waals surface area contributed by atoms with E-state index in [-0.39, 0.29) is 18.1 Å². The fourth-order valence-electron chi connectivity index (χ4n) is 2.42. The Labute approximate surface area is 136 Å². The Bertz CT molecular complexity index is 598. The van der Waals surface area contributed by atoms with E-state index < -0.39 is 5.60 Å². The summed E-state index contributed by atoms with van der Waals surface area (Å²) in [6, 6.07) is 7.20. The summed E-state index contributed by atoms with van der Waals surface area (Å²) in [5.41, 5.74) is 1.05. The van der Waals surface area contributed by atoms with Crippen molar-refractivity contribution in [3.8, 4) is 0 Å². The molecule has 124 valence electrons. The minimum absolute atomic E-state index is 0.0335. The minimum atomic E-state index is -0.508. The number of amides is 1. The van der Waals surface area contributed by atoms with Gasteiger partial charge in [0.2, 0.25) is 0 Å². The molecule has 1 atom stereocenters. The number of methoxy groups -OCH3 is 1. The molecule has 0 aromatic heterocycles. The quantitative estimate of drug-likeness (QED) is 0.634. The van der Waals surface area contributed by atoms with E-state index in [9.17, 15) is 9.59 Å². The summed E-state index contributed by atoms with van der Waals surface area (Å²) in [5.74, 6) is -0.354. The monoisotopic (exact) mass is 317 g/mol. The van der Waals surface area contributed by atoms with Gasteiger partial charge in [-0.25, -0.2) is 9.59 Å². The van der Waals surface area contributed by atoms with Gasteiger partial charge >= 0.3 is 12.1 Å². The molecule has 1 aromatic rings. The first kappa shape index (κ1) is 17.1. The Morgan fingerprint density at radius 3 is 2.43 bits per heavy atom. The summed E-state index contributed by atoms with van der Waals surface area (Å²) in [4.78, 5) is 25.4. The van der Waals surface area contributed by atoms with Gasteiger partial charge in [-0.1, -0.05) is 24.3 Å². The molecule has 0 spiro atoms. The molecule has 0 unspecified atom stereocenters. The third-order valence-corrected chi connectivity index (χ3v) is 3.51. The van der Waals surface area contributed by atoms with Crippen LogP contribution in [0.5, 0.6) is 0 Å². The topological polar surface area (TPSA) is 55.8 Å². The molecule has 5 heteroatoms. The predicted molar refractivity (Wildman–Crippen MR) is 87.4 cm³/mol. The largest absolute Gasteiger partial charge is 0.465 e. The molecule has 1 aliphatic heterocycles. The summed E-state index contributed by atoms with van der Waals surface area (Å²) in [6.07, 6.45) is 4.35. The molecular weight excluding hydrogens is 294 g/mol. The van der Waals surface area contributed by atoms with Crippen molar-refractivity contribution in [1.29, 1.82) is 0 Å². The molecule has 0 N–H and O–H groups in total. The predicted octanol–water partition coefficient (Wildman–Crippen LogP) is 3.19. The van der Waals surface area contributed by atoms with Crippen molar-refractivity contribution in [2.45, 2.75) is 38.8 Å². The van der Waals surface area contributed by atoms with Crippen molar-refractivity contribution in [2.75, 3.05) is 13.7 Å². The number of hydrogen-bond donors (Lipinski definition) is 0. The van der Waals surface area contributed by atoms with Crippen LogP contribution in [-0.4, -0.2) is 42.3 Å². The third kappa shape index (κ3) is 4.58. The van der Waals surface area contributed by atoms with Crippen LogP contribution in [0.1, 0.15) is 36.7 Å². The number of carbonyl (C=O) groups excluding carboxylic acids is 2. The maximum Gasteiger partial charge on any atom is 0.411 e. The van der Waals surface area contributed by atoms with Gasteiger partial charge in [0, 0.05) is 6.54 Å². The van der Waals surface area contributed by atoms with Crippen molar-refractivity contribution in [3.63, 3.8) is 0 Å². The molecule has 23 heavy (non-hydrogen) atoms. The SMILES string of the molecule is COC(=O)c1ccc(C[C@H]2C=CCN2C(=O)OC(C)(C)C)cc1. The van der Waals surface area contributed by atoms with Gasteiger partial charge in [-0.3, -0.25) is 4.90 Å². The summed E-state index contributed by atoms with van der Waals surface area (Å²) in [5, 5.41) is 0. The Morgan fingerprint density at radius 2 is 1.87 bits per heavy atom. The van der Waals surface area contributed by atoms with Crippen LogP contribution in [0.25, 0.3) is 0 Å². The lowest BCUT2D eigenvalue weighted by Gasteiger charge is -2.28. The van der Waals surface area contributed by atoms with Gasteiger partial charge in [-0.05, 0) is 44.9 Å². The molecule has 1 aromatic carbocycles. The van der Waals surface area contributed by atoms with Gasteiger partial charge in [-0.2, -0.15) is 0 Å². The Hall–Kier alpha value is -2.30. The van der Waals surface area contributed by atoms with Crippen LogP contribution in [-0.2, 0) is 15.9 Å². The molecule has 0 saturated heterocycles. The van der Waals surface area contributed by atoms with Crippen LogP contribution < -0.4 is 0 Å². The van der Waals surface area contributed by atoms with Gasteiger partial charge in [0.05, 0.1) is 18.7 Å². The number of ether oxygens (including phenoxy) is 2. The van der Waals surface area contributed by atoms with Crippen LogP contribution in [0, 0.1) is 0 Å². The highest BCUT2D eigenvalue weighted by Gasteiger charge is 2.29. The number of rotatable bonds is 3. The lowest BCUT2D eigenvalue weighted by Crippen LogP contribution is -2.41. The van der Waals surface area contributed by atoms with Crippen molar-refractivity contribution in [3.05, 3.63) is 47.5 Å². The minimum Gasteiger partial charge on any atom is -0.465 e. The summed E-state index contributed by atoms with van der Waals surface area (Å²) < 4.78 is 10.1. The van der Waals surface area contributed by atoms with E-state index in [0.29, 0.717) is 18.5 Å². The average Bonchev–Trinajstić information content (AvgIpc) is 2.94. The molecule has 1 heterocycles. The molecule has 1 aliphatic rings. The lowest BCUT2D eigenvalue weighted by molar-refractivity contribution is 0.0242. The van der Waals surface area contributed by atoms with Crippen LogP contribution in [0.4, 0.5) is 4.79 Å². The van der Waals surface area contributed by atoms with Crippen molar-refractivity contribution < 1.29 is 19.1 Å². The van der Waals surface area contributed by atoms with E-state index in [4.69, 9.17) is 4.74 Å². The van der Waals surface area contributed by atoms with Gasteiger partial charge in [-0.15, -0.1) is 0 Å². The molecule has 0 aliphatic carbocycles. The molecule has 0 fully saturated rings. The number of carbonyl (C=O) groups is 2.